The number of carbonyl (C=O) groups is 1. The monoisotopic (exact) mass is 222 g/mol. The maximum Gasteiger partial charge on any atom is 0.328 e. The molecule has 0 aliphatic carbocycles. The van der Waals surface area contributed by atoms with E-state index in [1.54, 1.807) is 26.2 Å². The Morgan fingerprint density at radius 3 is 2.62 bits per heavy atom. The Morgan fingerprint density at radius 2 is 2.19 bits per heavy atom. The van der Waals surface area contributed by atoms with Crippen molar-refractivity contribution in [1.29, 1.82) is 0 Å². The van der Waals surface area contributed by atoms with Crippen molar-refractivity contribution in [2.45, 2.75) is 33.2 Å². The number of aromatic nitrogens is 1. The zero-order chi connectivity index (χ0) is 12.3. The van der Waals surface area contributed by atoms with Crippen LogP contribution in [-0.4, -0.2) is 28.1 Å². The molecule has 4 heteroatoms. The third-order valence-electron chi connectivity index (χ3n) is 2.80. The molecule has 0 unspecified atom stereocenters. The molecule has 1 N–H and O–H groups in total. The molecule has 0 aromatic carbocycles. The molecule has 0 bridgehead atoms. The summed E-state index contributed by atoms with van der Waals surface area (Å²) in [7, 11) is 0. The molecule has 1 rings (SSSR count). The van der Waals surface area contributed by atoms with Crippen LogP contribution in [0, 0.1) is 6.92 Å². The van der Waals surface area contributed by atoms with Gasteiger partial charge in [-0.3, -0.25) is 4.98 Å². The van der Waals surface area contributed by atoms with Crippen LogP contribution >= 0.6 is 0 Å². The lowest BCUT2D eigenvalue weighted by Crippen LogP contribution is -2.50. The third-order valence-corrected chi connectivity index (χ3v) is 2.80. The first kappa shape index (κ1) is 12.5. The van der Waals surface area contributed by atoms with Gasteiger partial charge in [-0.05, 0) is 39.3 Å². The van der Waals surface area contributed by atoms with Gasteiger partial charge < -0.3 is 10.0 Å². The summed E-state index contributed by atoms with van der Waals surface area (Å²) < 4.78 is 0. The summed E-state index contributed by atoms with van der Waals surface area (Å²) in [5.41, 5.74) is 0.990. The van der Waals surface area contributed by atoms with Gasteiger partial charge in [0.25, 0.3) is 0 Å². The first-order valence-electron chi connectivity index (χ1n) is 5.33. The molecule has 16 heavy (non-hydrogen) atoms. The lowest BCUT2D eigenvalue weighted by atomic mass is 10.0. The van der Waals surface area contributed by atoms with Crippen LogP contribution in [0.15, 0.2) is 18.5 Å². The molecule has 0 saturated heterocycles. The number of aryl methyl sites for hydroxylation is 1. The SMILES string of the molecule is CCN(c1ccncc1C)C(C)(C)C(=O)O. The molecule has 0 aliphatic heterocycles. The Kier molecular flexibility index (Phi) is 3.52. The molecule has 0 fully saturated rings. The Hall–Kier alpha value is -1.58. The predicted molar refractivity (Wildman–Crippen MR) is 63.7 cm³/mol. The van der Waals surface area contributed by atoms with Crippen LogP contribution in [0.4, 0.5) is 5.69 Å². The summed E-state index contributed by atoms with van der Waals surface area (Å²) in [6, 6.07) is 1.85. The molecular weight excluding hydrogens is 204 g/mol. The third kappa shape index (κ3) is 2.15. The number of pyridine rings is 1. The van der Waals surface area contributed by atoms with E-state index in [2.05, 4.69) is 4.98 Å². The smallest absolute Gasteiger partial charge is 0.328 e. The van der Waals surface area contributed by atoms with E-state index < -0.39 is 11.5 Å². The van der Waals surface area contributed by atoms with E-state index in [-0.39, 0.29) is 0 Å². The van der Waals surface area contributed by atoms with Crippen molar-refractivity contribution in [2.24, 2.45) is 0 Å². The van der Waals surface area contributed by atoms with Gasteiger partial charge in [-0.2, -0.15) is 0 Å². The highest BCUT2D eigenvalue weighted by molar-refractivity contribution is 5.82. The average molecular weight is 222 g/mol. The van der Waals surface area contributed by atoms with E-state index in [4.69, 9.17) is 0 Å². The molecule has 1 aromatic heterocycles. The van der Waals surface area contributed by atoms with E-state index in [1.807, 2.05) is 24.8 Å². The van der Waals surface area contributed by atoms with Crippen molar-refractivity contribution in [3.8, 4) is 0 Å². The van der Waals surface area contributed by atoms with E-state index in [0.717, 1.165) is 11.3 Å². The maximum atomic E-state index is 11.2. The van der Waals surface area contributed by atoms with Crippen molar-refractivity contribution in [2.75, 3.05) is 11.4 Å². The van der Waals surface area contributed by atoms with Gasteiger partial charge in [-0.15, -0.1) is 0 Å². The Morgan fingerprint density at radius 1 is 1.56 bits per heavy atom. The maximum absolute atomic E-state index is 11.2. The van der Waals surface area contributed by atoms with Gasteiger partial charge in [0.15, 0.2) is 0 Å². The fraction of sp³-hybridized carbons (Fsp3) is 0.500. The zero-order valence-electron chi connectivity index (χ0n) is 10.2. The van der Waals surface area contributed by atoms with Gasteiger partial charge in [0.1, 0.15) is 5.54 Å². The topological polar surface area (TPSA) is 53.4 Å². The van der Waals surface area contributed by atoms with Gasteiger partial charge in [0, 0.05) is 24.6 Å². The summed E-state index contributed by atoms with van der Waals surface area (Å²) in [5, 5.41) is 9.24. The molecule has 0 radical (unpaired) electrons. The molecule has 0 saturated carbocycles. The van der Waals surface area contributed by atoms with Crippen molar-refractivity contribution in [3.63, 3.8) is 0 Å². The minimum atomic E-state index is -0.916. The molecule has 88 valence electrons. The number of nitrogens with zero attached hydrogens (tertiary/aromatic N) is 2. The normalized spacial score (nSPS) is 11.2. The summed E-state index contributed by atoms with van der Waals surface area (Å²) in [6.45, 7) is 7.94. The number of hydrogen-bond acceptors (Lipinski definition) is 3. The van der Waals surface area contributed by atoms with Crippen LogP contribution in [0.2, 0.25) is 0 Å². The zero-order valence-corrected chi connectivity index (χ0v) is 10.2. The molecular formula is C12H18N2O2. The fourth-order valence-electron chi connectivity index (χ4n) is 1.75. The van der Waals surface area contributed by atoms with Crippen LogP contribution in [-0.2, 0) is 4.79 Å². The number of carboxylic acid groups (broad SMARTS) is 1. The first-order valence-corrected chi connectivity index (χ1v) is 5.33. The molecule has 0 atom stereocenters. The molecule has 4 nitrogen and oxygen atoms in total. The van der Waals surface area contributed by atoms with Crippen molar-refractivity contribution < 1.29 is 9.90 Å². The minimum absolute atomic E-state index is 0.643. The number of carboxylic acids is 1. The number of likely N-dealkylation sites (N-methyl/N-ethyl adjacent to an activating group) is 1. The molecule has 1 heterocycles. The quantitative estimate of drug-likeness (QED) is 0.847. The average Bonchev–Trinajstić information content (AvgIpc) is 2.21. The molecule has 0 aliphatic rings. The number of rotatable bonds is 4. The largest absolute Gasteiger partial charge is 0.480 e. The Bertz CT molecular complexity index is 388. The predicted octanol–water partition coefficient (Wildman–Crippen LogP) is 2.08. The van der Waals surface area contributed by atoms with E-state index >= 15 is 0 Å². The van der Waals surface area contributed by atoms with Crippen LogP contribution < -0.4 is 4.90 Å². The summed E-state index contributed by atoms with van der Waals surface area (Å²) in [6.07, 6.45) is 3.43. The first-order chi connectivity index (χ1) is 7.41. The number of anilines is 1. The second-order valence-electron chi connectivity index (χ2n) is 4.27. The molecule has 1 aromatic rings. The highest BCUT2D eigenvalue weighted by Gasteiger charge is 2.34. The Balaban J connectivity index is 3.18. The minimum Gasteiger partial charge on any atom is -0.480 e. The van der Waals surface area contributed by atoms with Crippen molar-refractivity contribution in [1.82, 2.24) is 4.98 Å². The van der Waals surface area contributed by atoms with Crippen LogP contribution in [0.3, 0.4) is 0 Å². The van der Waals surface area contributed by atoms with Crippen molar-refractivity contribution >= 4 is 11.7 Å². The Labute approximate surface area is 95.9 Å². The van der Waals surface area contributed by atoms with Crippen LogP contribution in [0.5, 0.6) is 0 Å². The number of hydrogen-bond donors (Lipinski definition) is 1. The van der Waals surface area contributed by atoms with Crippen molar-refractivity contribution in [3.05, 3.63) is 24.0 Å². The second-order valence-corrected chi connectivity index (χ2v) is 4.27. The lowest BCUT2D eigenvalue weighted by molar-refractivity contribution is -0.142. The van der Waals surface area contributed by atoms with Crippen LogP contribution in [0.1, 0.15) is 26.3 Å². The van der Waals surface area contributed by atoms with Gasteiger partial charge >= 0.3 is 5.97 Å². The van der Waals surface area contributed by atoms with E-state index in [9.17, 15) is 9.90 Å². The summed E-state index contributed by atoms with van der Waals surface area (Å²) in [5.74, 6) is -0.828. The van der Waals surface area contributed by atoms with Crippen LogP contribution in [0.25, 0.3) is 0 Å². The highest BCUT2D eigenvalue weighted by Crippen LogP contribution is 2.26. The van der Waals surface area contributed by atoms with Gasteiger partial charge in [-0.1, -0.05) is 0 Å². The van der Waals surface area contributed by atoms with E-state index in [0.29, 0.717) is 6.54 Å². The van der Waals surface area contributed by atoms with Gasteiger partial charge in [0.2, 0.25) is 0 Å². The number of aliphatic carboxylic acids is 1. The highest BCUT2D eigenvalue weighted by atomic mass is 16.4. The molecule has 0 amide bonds. The second kappa shape index (κ2) is 4.51. The fourth-order valence-corrected chi connectivity index (χ4v) is 1.75. The lowest BCUT2D eigenvalue weighted by Gasteiger charge is -2.37. The summed E-state index contributed by atoms with van der Waals surface area (Å²) >= 11 is 0. The standard InChI is InChI=1S/C12H18N2O2/c1-5-14(12(3,4)11(15)16)10-6-7-13-8-9(10)2/h6-8H,5H2,1-4H3,(H,15,16). The summed E-state index contributed by atoms with van der Waals surface area (Å²) in [4.78, 5) is 17.1. The molecule has 0 spiro atoms. The van der Waals surface area contributed by atoms with Gasteiger partial charge in [-0.25, -0.2) is 4.79 Å². The van der Waals surface area contributed by atoms with E-state index in [1.165, 1.54) is 0 Å². The van der Waals surface area contributed by atoms with Gasteiger partial charge in [0.05, 0.1) is 0 Å².